The van der Waals surface area contributed by atoms with Crippen molar-refractivity contribution >= 4 is 12.0 Å². The van der Waals surface area contributed by atoms with E-state index in [1.165, 1.54) is 0 Å². The Morgan fingerprint density at radius 1 is 1.20 bits per heavy atom. The predicted molar refractivity (Wildman–Crippen MR) is 84.5 cm³/mol. The summed E-state index contributed by atoms with van der Waals surface area (Å²) in [6.45, 7) is 5.09. The first-order chi connectivity index (χ1) is 11.6. The molecule has 1 saturated heterocycles. The number of hydrogen-bond acceptors (Lipinski definition) is 3. The van der Waals surface area contributed by atoms with Crippen LogP contribution in [0.4, 0.5) is 18.0 Å². The maximum absolute atomic E-state index is 14.2. The van der Waals surface area contributed by atoms with Crippen LogP contribution < -0.4 is 10.6 Å². The van der Waals surface area contributed by atoms with Gasteiger partial charge in [-0.15, -0.1) is 0 Å². The Balaban J connectivity index is 2.29. The number of rotatable bonds is 2. The fraction of sp³-hybridized carbons (Fsp3) is 0.529. The van der Waals surface area contributed by atoms with Crippen molar-refractivity contribution < 1.29 is 27.5 Å². The van der Waals surface area contributed by atoms with Crippen LogP contribution in [0.1, 0.15) is 45.1 Å². The zero-order valence-corrected chi connectivity index (χ0v) is 14.3. The quantitative estimate of drug-likeness (QED) is 0.799. The molecule has 0 aromatic heterocycles. The lowest BCUT2D eigenvalue weighted by atomic mass is 9.87. The third-order valence-electron chi connectivity index (χ3n) is 3.83. The number of hydrogen-bond donors (Lipinski definition) is 2. The Morgan fingerprint density at radius 2 is 1.84 bits per heavy atom. The minimum Gasteiger partial charge on any atom is -0.444 e. The molecule has 2 rings (SSSR count). The minimum absolute atomic E-state index is 0.0289. The fourth-order valence-corrected chi connectivity index (χ4v) is 2.75. The van der Waals surface area contributed by atoms with E-state index >= 15 is 0 Å². The number of benzene rings is 1. The average molecular weight is 358 g/mol. The van der Waals surface area contributed by atoms with E-state index in [1.54, 1.807) is 20.8 Å². The van der Waals surface area contributed by atoms with E-state index in [1.807, 2.05) is 0 Å². The number of nitrogens with one attached hydrogen (secondary N) is 2. The van der Waals surface area contributed by atoms with E-state index in [0.717, 1.165) is 6.07 Å². The summed E-state index contributed by atoms with van der Waals surface area (Å²) >= 11 is 0. The van der Waals surface area contributed by atoms with Crippen molar-refractivity contribution in [2.45, 2.75) is 51.2 Å². The Labute approximate surface area is 143 Å². The molecule has 1 aliphatic rings. The highest BCUT2D eigenvalue weighted by molar-refractivity contribution is 5.76. The second kappa shape index (κ2) is 7.33. The zero-order chi connectivity index (χ0) is 18.8. The molecule has 8 heteroatoms. The van der Waals surface area contributed by atoms with Crippen LogP contribution in [0, 0.1) is 17.5 Å². The Kier molecular flexibility index (Phi) is 5.59. The first-order valence-corrected chi connectivity index (χ1v) is 7.97. The highest BCUT2D eigenvalue weighted by atomic mass is 19.2. The van der Waals surface area contributed by atoms with Gasteiger partial charge in [0, 0.05) is 24.9 Å². The first-order valence-electron chi connectivity index (χ1n) is 7.97. The molecule has 0 aliphatic carbocycles. The van der Waals surface area contributed by atoms with Gasteiger partial charge in [0.25, 0.3) is 0 Å². The van der Waals surface area contributed by atoms with Gasteiger partial charge in [0.2, 0.25) is 5.91 Å². The lowest BCUT2D eigenvalue weighted by molar-refractivity contribution is -0.120. The summed E-state index contributed by atoms with van der Waals surface area (Å²) in [6, 6.07) is 0.519. The lowest BCUT2D eigenvalue weighted by Gasteiger charge is -2.28. The van der Waals surface area contributed by atoms with Crippen molar-refractivity contribution in [3.05, 3.63) is 35.1 Å². The van der Waals surface area contributed by atoms with Gasteiger partial charge >= 0.3 is 6.09 Å². The normalized spacial score (nSPS) is 21.3. The summed E-state index contributed by atoms with van der Waals surface area (Å²) in [6.07, 6.45) is -0.481. The standard InChI is InChI=1S/C17H21F3N2O3/c1-17(2,3)25-16(24)22-14-8-21-15(23)5-4-9(14)10-6-12(19)13(20)7-11(10)18/h6-7,9,14H,4-5,8H2,1-3H3,(H,21,23)(H,22,24)/t9-,14+/m1/s1. The Hall–Kier alpha value is -2.25. The van der Waals surface area contributed by atoms with Gasteiger partial charge in [-0.1, -0.05) is 0 Å². The second-order valence-corrected chi connectivity index (χ2v) is 6.99. The summed E-state index contributed by atoms with van der Waals surface area (Å²) < 4.78 is 46.1. The van der Waals surface area contributed by atoms with Crippen LogP contribution in [0.2, 0.25) is 0 Å². The number of carbonyl (C=O) groups is 2. The maximum Gasteiger partial charge on any atom is 0.407 e. The molecule has 0 bridgehead atoms. The number of carbonyl (C=O) groups excluding carboxylic acids is 2. The van der Waals surface area contributed by atoms with Crippen molar-refractivity contribution in [1.29, 1.82) is 0 Å². The second-order valence-electron chi connectivity index (χ2n) is 6.99. The molecule has 0 radical (unpaired) electrons. The molecular weight excluding hydrogens is 337 g/mol. The molecule has 1 heterocycles. The van der Waals surface area contributed by atoms with Crippen LogP contribution in [0.3, 0.4) is 0 Å². The van der Waals surface area contributed by atoms with E-state index < -0.39 is 41.1 Å². The van der Waals surface area contributed by atoms with Gasteiger partial charge in [-0.05, 0) is 38.8 Å². The molecule has 0 unspecified atom stereocenters. The third kappa shape index (κ3) is 5.11. The Morgan fingerprint density at radius 3 is 2.48 bits per heavy atom. The highest BCUT2D eigenvalue weighted by Crippen LogP contribution is 2.30. The summed E-state index contributed by atoms with van der Waals surface area (Å²) in [7, 11) is 0. The molecule has 1 aromatic carbocycles. The predicted octanol–water partition coefficient (Wildman–Crippen LogP) is 2.99. The summed E-state index contributed by atoms with van der Waals surface area (Å²) in [5.74, 6) is -4.37. The van der Waals surface area contributed by atoms with E-state index in [9.17, 15) is 22.8 Å². The lowest BCUT2D eigenvalue weighted by Crippen LogP contribution is -2.47. The van der Waals surface area contributed by atoms with Gasteiger partial charge in [0.05, 0.1) is 6.04 Å². The number of ether oxygens (including phenoxy) is 1. The molecular formula is C17H21F3N2O3. The number of amides is 2. The van der Waals surface area contributed by atoms with E-state index in [-0.39, 0.29) is 30.9 Å². The van der Waals surface area contributed by atoms with Crippen LogP contribution in [0.5, 0.6) is 0 Å². The van der Waals surface area contributed by atoms with Crippen LogP contribution in [-0.4, -0.2) is 30.2 Å². The first kappa shape index (κ1) is 19.1. The van der Waals surface area contributed by atoms with Gasteiger partial charge in [-0.3, -0.25) is 4.79 Å². The van der Waals surface area contributed by atoms with Crippen LogP contribution in [0.25, 0.3) is 0 Å². The SMILES string of the molecule is CC(C)(C)OC(=O)N[C@H]1CNC(=O)CC[C@@H]1c1cc(F)c(F)cc1F. The number of halogens is 3. The minimum atomic E-state index is -1.29. The van der Waals surface area contributed by atoms with Crippen LogP contribution in [0.15, 0.2) is 12.1 Å². The molecule has 0 spiro atoms. The van der Waals surface area contributed by atoms with Crippen LogP contribution in [-0.2, 0) is 9.53 Å². The third-order valence-corrected chi connectivity index (χ3v) is 3.83. The molecule has 0 saturated carbocycles. The highest BCUT2D eigenvalue weighted by Gasteiger charge is 2.32. The van der Waals surface area contributed by atoms with Gasteiger partial charge in [-0.25, -0.2) is 18.0 Å². The number of alkyl carbamates (subject to hydrolysis) is 1. The molecule has 138 valence electrons. The topological polar surface area (TPSA) is 67.4 Å². The van der Waals surface area contributed by atoms with Crippen molar-refractivity contribution in [3.8, 4) is 0 Å². The van der Waals surface area contributed by atoms with E-state index in [2.05, 4.69) is 10.6 Å². The summed E-state index contributed by atoms with van der Waals surface area (Å²) in [5.41, 5.74) is -0.822. The molecule has 2 amide bonds. The van der Waals surface area contributed by atoms with Crippen molar-refractivity contribution in [3.63, 3.8) is 0 Å². The molecule has 5 nitrogen and oxygen atoms in total. The summed E-state index contributed by atoms with van der Waals surface area (Å²) in [4.78, 5) is 23.7. The van der Waals surface area contributed by atoms with Crippen molar-refractivity contribution in [1.82, 2.24) is 10.6 Å². The monoisotopic (exact) mass is 358 g/mol. The molecule has 25 heavy (non-hydrogen) atoms. The molecule has 1 fully saturated rings. The van der Waals surface area contributed by atoms with Gasteiger partial charge < -0.3 is 15.4 Å². The molecule has 1 aliphatic heterocycles. The fourth-order valence-electron chi connectivity index (χ4n) is 2.75. The van der Waals surface area contributed by atoms with E-state index in [4.69, 9.17) is 4.74 Å². The smallest absolute Gasteiger partial charge is 0.407 e. The van der Waals surface area contributed by atoms with E-state index in [0.29, 0.717) is 6.07 Å². The average Bonchev–Trinajstić information content (AvgIpc) is 2.64. The molecule has 1 aromatic rings. The Bertz CT molecular complexity index is 674. The van der Waals surface area contributed by atoms with Gasteiger partial charge in [0.15, 0.2) is 11.6 Å². The van der Waals surface area contributed by atoms with Crippen molar-refractivity contribution in [2.75, 3.05) is 6.54 Å². The van der Waals surface area contributed by atoms with Crippen molar-refractivity contribution in [2.24, 2.45) is 0 Å². The molecule has 2 atom stereocenters. The maximum atomic E-state index is 14.2. The largest absolute Gasteiger partial charge is 0.444 e. The van der Waals surface area contributed by atoms with Gasteiger partial charge in [-0.2, -0.15) is 0 Å². The van der Waals surface area contributed by atoms with Crippen LogP contribution >= 0.6 is 0 Å². The summed E-state index contributed by atoms with van der Waals surface area (Å²) in [5, 5.41) is 5.20. The zero-order valence-electron chi connectivity index (χ0n) is 14.3. The molecule has 2 N–H and O–H groups in total. The van der Waals surface area contributed by atoms with Gasteiger partial charge in [0.1, 0.15) is 11.4 Å².